The fraction of sp³-hybridized carbons (Fsp3) is 0.250. The molecule has 0 unspecified atom stereocenters. The molecule has 1 rings (SSSR count). The summed E-state index contributed by atoms with van der Waals surface area (Å²) in [4.78, 5) is 11.4. The van der Waals surface area contributed by atoms with Crippen molar-refractivity contribution in [3.05, 3.63) is 41.6 Å². The van der Waals surface area contributed by atoms with E-state index in [-0.39, 0.29) is 5.78 Å². The van der Waals surface area contributed by atoms with Gasteiger partial charge >= 0.3 is 0 Å². The summed E-state index contributed by atoms with van der Waals surface area (Å²) in [6.45, 7) is 2.04. The molecule has 0 fully saturated rings. The summed E-state index contributed by atoms with van der Waals surface area (Å²) in [5, 5.41) is 2.87. The number of hydrogen-bond donors (Lipinski definition) is 2. The van der Waals surface area contributed by atoms with Crippen molar-refractivity contribution >= 4 is 11.4 Å². The fourth-order valence-electron chi connectivity index (χ4n) is 1.40. The molecular weight excluding hydrogens is 188 g/mol. The van der Waals surface area contributed by atoms with Gasteiger partial charge in [-0.05, 0) is 24.1 Å². The Morgan fingerprint density at radius 2 is 2.27 bits per heavy atom. The van der Waals surface area contributed by atoms with Crippen LogP contribution >= 0.6 is 0 Å². The molecule has 0 amide bonds. The first-order valence-electron chi connectivity index (χ1n) is 4.86. The fourth-order valence-corrected chi connectivity index (χ4v) is 1.40. The van der Waals surface area contributed by atoms with Crippen LogP contribution in [0.2, 0.25) is 0 Å². The van der Waals surface area contributed by atoms with Crippen LogP contribution < -0.4 is 11.1 Å². The highest BCUT2D eigenvalue weighted by molar-refractivity contribution is 6.19. The number of allylic oxidation sites excluding steroid dienone is 1. The lowest BCUT2D eigenvalue weighted by Crippen LogP contribution is -2.04. The van der Waals surface area contributed by atoms with Crippen molar-refractivity contribution in [3.8, 4) is 0 Å². The summed E-state index contributed by atoms with van der Waals surface area (Å²) in [5.41, 5.74) is 8.15. The maximum atomic E-state index is 11.4. The zero-order chi connectivity index (χ0) is 11.3. The van der Waals surface area contributed by atoms with Gasteiger partial charge < -0.3 is 11.1 Å². The molecule has 3 nitrogen and oxygen atoms in total. The molecule has 80 valence electrons. The Bertz CT molecular complexity index is 383. The van der Waals surface area contributed by atoms with Crippen LogP contribution in [0.1, 0.15) is 18.1 Å². The number of carbonyl (C=O) groups is 1. The Labute approximate surface area is 90.0 Å². The largest absolute Gasteiger partial charge is 0.393 e. The van der Waals surface area contributed by atoms with Crippen molar-refractivity contribution in [1.29, 1.82) is 0 Å². The number of Topliss-reactive ketones (excluding diaryl/α,β-unsaturated/α-hetero) is 1. The molecule has 0 spiro atoms. The Morgan fingerprint density at radius 3 is 2.80 bits per heavy atom. The summed E-state index contributed by atoms with van der Waals surface area (Å²) in [6, 6.07) is 7.69. The second-order valence-electron chi connectivity index (χ2n) is 3.31. The van der Waals surface area contributed by atoms with Gasteiger partial charge in [0.2, 0.25) is 0 Å². The molecule has 3 N–H and O–H groups in total. The predicted molar refractivity (Wildman–Crippen MR) is 62.1 cm³/mol. The lowest BCUT2D eigenvalue weighted by molar-refractivity contribution is -0.111. The van der Waals surface area contributed by atoms with Gasteiger partial charge in [-0.1, -0.05) is 18.2 Å². The van der Waals surface area contributed by atoms with Crippen LogP contribution in [0.5, 0.6) is 0 Å². The first kappa shape index (κ1) is 11.5. The van der Waals surface area contributed by atoms with E-state index in [1.165, 1.54) is 0 Å². The first-order chi connectivity index (χ1) is 7.19. The van der Waals surface area contributed by atoms with E-state index < -0.39 is 0 Å². The predicted octanol–water partition coefficient (Wildman–Crippen LogP) is 1.29. The average Bonchev–Trinajstić information content (AvgIpc) is 2.25. The van der Waals surface area contributed by atoms with Crippen molar-refractivity contribution < 1.29 is 4.79 Å². The van der Waals surface area contributed by atoms with Crippen molar-refractivity contribution in [3.63, 3.8) is 0 Å². The Balaban J connectivity index is 3.11. The molecule has 3 heteroatoms. The normalized spacial score (nSPS) is 11.3. The third kappa shape index (κ3) is 2.92. The lowest BCUT2D eigenvalue weighted by Gasteiger charge is -2.05. The third-order valence-corrected chi connectivity index (χ3v) is 2.14. The summed E-state index contributed by atoms with van der Waals surface area (Å²) < 4.78 is 0. The monoisotopic (exact) mass is 204 g/mol. The van der Waals surface area contributed by atoms with Gasteiger partial charge in [0.1, 0.15) is 0 Å². The van der Waals surface area contributed by atoms with Gasteiger partial charge in [-0.25, -0.2) is 0 Å². The van der Waals surface area contributed by atoms with Gasteiger partial charge in [-0.2, -0.15) is 0 Å². The quantitative estimate of drug-likeness (QED) is 0.727. The van der Waals surface area contributed by atoms with E-state index in [1.54, 1.807) is 20.2 Å². The van der Waals surface area contributed by atoms with E-state index in [1.807, 2.05) is 24.3 Å². The molecule has 0 radical (unpaired) electrons. The van der Waals surface area contributed by atoms with E-state index in [0.717, 1.165) is 11.1 Å². The van der Waals surface area contributed by atoms with Crippen LogP contribution in [0.15, 0.2) is 30.5 Å². The van der Waals surface area contributed by atoms with Gasteiger partial charge in [-0.15, -0.1) is 0 Å². The van der Waals surface area contributed by atoms with Gasteiger partial charge in [0.25, 0.3) is 0 Å². The van der Waals surface area contributed by atoms with E-state index in [4.69, 9.17) is 5.73 Å². The minimum Gasteiger partial charge on any atom is -0.393 e. The summed E-state index contributed by atoms with van der Waals surface area (Å²) >= 11 is 0. The number of benzene rings is 1. The maximum Gasteiger partial charge on any atom is 0.161 e. The smallest absolute Gasteiger partial charge is 0.161 e. The van der Waals surface area contributed by atoms with Crippen LogP contribution in [0.4, 0.5) is 0 Å². The van der Waals surface area contributed by atoms with Crippen LogP contribution in [0.25, 0.3) is 5.57 Å². The second kappa shape index (κ2) is 5.32. The molecule has 0 aliphatic carbocycles. The highest BCUT2D eigenvalue weighted by Gasteiger charge is 2.06. The van der Waals surface area contributed by atoms with Crippen molar-refractivity contribution in [2.45, 2.75) is 13.5 Å². The minimum atomic E-state index is 0.0403. The molecule has 1 aromatic rings. The van der Waals surface area contributed by atoms with Gasteiger partial charge in [0.15, 0.2) is 5.78 Å². The molecule has 0 aliphatic rings. The molecule has 0 saturated carbocycles. The van der Waals surface area contributed by atoms with Crippen LogP contribution in [0, 0.1) is 0 Å². The number of carbonyl (C=O) groups excluding carboxylic acids is 1. The third-order valence-electron chi connectivity index (χ3n) is 2.14. The molecule has 0 saturated heterocycles. The number of ketones is 1. The molecule has 0 atom stereocenters. The van der Waals surface area contributed by atoms with Gasteiger partial charge in [0.05, 0.1) is 0 Å². The van der Waals surface area contributed by atoms with Crippen molar-refractivity contribution in [2.24, 2.45) is 5.73 Å². The molecule has 0 bridgehead atoms. The Kier molecular flexibility index (Phi) is 4.06. The topological polar surface area (TPSA) is 55.1 Å². The number of hydrogen-bond acceptors (Lipinski definition) is 3. The Hall–Kier alpha value is -1.61. The average molecular weight is 204 g/mol. The second-order valence-corrected chi connectivity index (χ2v) is 3.31. The Morgan fingerprint density at radius 1 is 1.53 bits per heavy atom. The van der Waals surface area contributed by atoms with Crippen molar-refractivity contribution in [2.75, 3.05) is 7.05 Å². The van der Waals surface area contributed by atoms with Crippen LogP contribution in [-0.2, 0) is 11.3 Å². The van der Waals surface area contributed by atoms with E-state index in [2.05, 4.69) is 5.32 Å². The van der Waals surface area contributed by atoms with E-state index in [0.29, 0.717) is 12.1 Å². The highest BCUT2D eigenvalue weighted by Crippen LogP contribution is 2.16. The first-order valence-corrected chi connectivity index (χ1v) is 4.86. The van der Waals surface area contributed by atoms with Crippen molar-refractivity contribution in [1.82, 2.24) is 5.32 Å². The van der Waals surface area contributed by atoms with E-state index >= 15 is 0 Å². The molecule has 15 heavy (non-hydrogen) atoms. The van der Waals surface area contributed by atoms with Crippen LogP contribution in [0.3, 0.4) is 0 Å². The minimum absolute atomic E-state index is 0.0403. The summed E-state index contributed by atoms with van der Waals surface area (Å²) in [6.07, 6.45) is 1.71. The zero-order valence-electron chi connectivity index (χ0n) is 9.08. The summed E-state index contributed by atoms with van der Waals surface area (Å²) in [5.74, 6) is 0.0403. The molecule has 0 aliphatic heterocycles. The SMILES string of the molecule is CN/C=C(/C(C)=O)c1cccc(CN)c1. The highest BCUT2D eigenvalue weighted by atomic mass is 16.1. The van der Waals surface area contributed by atoms with Crippen LogP contribution in [-0.4, -0.2) is 12.8 Å². The van der Waals surface area contributed by atoms with Gasteiger partial charge in [0, 0.05) is 25.4 Å². The molecule has 0 heterocycles. The number of nitrogens with two attached hydrogens (primary N) is 1. The van der Waals surface area contributed by atoms with E-state index in [9.17, 15) is 4.79 Å². The summed E-state index contributed by atoms with van der Waals surface area (Å²) in [7, 11) is 1.77. The number of nitrogens with one attached hydrogen (secondary N) is 1. The number of rotatable bonds is 4. The maximum absolute atomic E-state index is 11.4. The zero-order valence-corrected chi connectivity index (χ0v) is 9.08. The standard InChI is InChI=1S/C12H16N2O/c1-9(15)12(8-14-2)11-5-3-4-10(6-11)7-13/h3-6,8,14H,7,13H2,1-2H3/b12-8-. The molecule has 1 aromatic carbocycles. The molecular formula is C12H16N2O. The lowest BCUT2D eigenvalue weighted by atomic mass is 10.0. The van der Waals surface area contributed by atoms with Gasteiger partial charge in [-0.3, -0.25) is 4.79 Å². The molecule has 0 aromatic heterocycles.